The Balaban J connectivity index is 1.39. The minimum Gasteiger partial charge on any atom is -0.497 e. The number of hydrogen-bond donors (Lipinski definition) is 2. The van der Waals surface area contributed by atoms with Crippen LogP contribution in [0, 0.1) is 0 Å². The second-order valence-electron chi connectivity index (χ2n) is 7.14. The van der Waals surface area contributed by atoms with Crippen molar-refractivity contribution < 1.29 is 23.8 Å². The number of carbonyl (C=O) groups is 2. The summed E-state index contributed by atoms with van der Waals surface area (Å²) >= 11 is 2.76. The first-order valence-electron chi connectivity index (χ1n) is 10.5. The van der Waals surface area contributed by atoms with E-state index >= 15 is 0 Å². The number of methoxy groups -OCH3 is 3. The molecule has 1 heterocycles. The van der Waals surface area contributed by atoms with E-state index in [1.165, 1.54) is 23.1 Å². The van der Waals surface area contributed by atoms with Crippen molar-refractivity contribution in [2.24, 2.45) is 0 Å². The standard InChI is InChI=1S/C24H27N3O5S2/c1-30-19-7-5-17(6-8-19)26-23(29)15-34-24-27-18(14-33-24)13-22(28)25-11-10-16-4-9-20(31-2)21(12-16)32-3/h4-9,12,14H,10-11,13,15H2,1-3H3,(H,25,28)(H,26,29). The highest BCUT2D eigenvalue weighted by Gasteiger charge is 2.11. The quantitative estimate of drug-likeness (QED) is 0.364. The molecule has 180 valence electrons. The average Bonchev–Trinajstić information content (AvgIpc) is 3.30. The van der Waals surface area contributed by atoms with E-state index < -0.39 is 0 Å². The van der Waals surface area contributed by atoms with Gasteiger partial charge in [-0.25, -0.2) is 4.98 Å². The lowest BCUT2D eigenvalue weighted by Gasteiger charge is -2.10. The third-order valence-corrected chi connectivity index (χ3v) is 6.83. The molecule has 3 aromatic rings. The van der Waals surface area contributed by atoms with Crippen LogP contribution < -0.4 is 24.8 Å². The van der Waals surface area contributed by atoms with Crippen molar-refractivity contribution in [2.45, 2.75) is 17.2 Å². The van der Waals surface area contributed by atoms with Gasteiger partial charge in [0.15, 0.2) is 15.8 Å². The maximum Gasteiger partial charge on any atom is 0.234 e. The zero-order valence-corrected chi connectivity index (χ0v) is 20.9. The lowest BCUT2D eigenvalue weighted by molar-refractivity contribution is -0.120. The Bertz CT molecular complexity index is 1100. The predicted molar refractivity (Wildman–Crippen MR) is 134 cm³/mol. The van der Waals surface area contributed by atoms with Gasteiger partial charge in [-0.05, 0) is 48.4 Å². The van der Waals surface area contributed by atoms with Crippen LogP contribution in [0.4, 0.5) is 5.69 Å². The van der Waals surface area contributed by atoms with Crippen LogP contribution in [0.5, 0.6) is 17.2 Å². The third kappa shape index (κ3) is 7.67. The molecular weight excluding hydrogens is 474 g/mol. The Hall–Kier alpha value is -3.24. The van der Waals surface area contributed by atoms with E-state index in [-0.39, 0.29) is 24.0 Å². The highest BCUT2D eigenvalue weighted by atomic mass is 32.2. The predicted octanol–water partition coefficient (Wildman–Crippen LogP) is 3.80. The summed E-state index contributed by atoms with van der Waals surface area (Å²) < 4.78 is 16.4. The van der Waals surface area contributed by atoms with Crippen LogP contribution in [0.1, 0.15) is 11.3 Å². The van der Waals surface area contributed by atoms with Gasteiger partial charge >= 0.3 is 0 Å². The molecule has 0 atom stereocenters. The van der Waals surface area contributed by atoms with Gasteiger partial charge in [-0.3, -0.25) is 9.59 Å². The van der Waals surface area contributed by atoms with Crippen molar-refractivity contribution >= 4 is 40.6 Å². The topological polar surface area (TPSA) is 98.8 Å². The summed E-state index contributed by atoms with van der Waals surface area (Å²) in [4.78, 5) is 28.9. The second kappa shape index (κ2) is 12.9. The van der Waals surface area contributed by atoms with E-state index in [1.807, 2.05) is 23.6 Å². The third-order valence-electron chi connectivity index (χ3n) is 4.76. The zero-order valence-electron chi connectivity index (χ0n) is 19.3. The number of rotatable bonds is 12. The molecule has 0 fully saturated rings. The SMILES string of the molecule is COc1ccc(NC(=O)CSc2nc(CC(=O)NCCc3ccc(OC)c(OC)c3)cs2)cc1. The maximum atomic E-state index is 12.3. The highest BCUT2D eigenvalue weighted by molar-refractivity contribution is 8.01. The fourth-order valence-corrected chi connectivity index (χ4v) is 4.69. The van der Waals surface area contributed by atoms with E-state index in [0.717, 1.165) is 15.7 Å². The highest BCUT2D eigenvalue weighted by Crippen LogP contribution is 2.27. The van der Waals surface area contributed by atoms with Crippen molar-refractivity contribution in [3.8, 4) is 17.2 Å². The number of anilines is 1. The molecule has 2 N–H and O–H groups in total. The molecule has 0 radical (unpaired) electrons. The fourth-order valence-electron chi connectivity index (χ4n) is 3.04. The first-order valence-corrected chi connectivity index (χ1v) is 12.4. The van der Waals surface area contributed by atoms with Crippen LogP contribution >= 0.6 is 23.1 Å². The molecule has 1 aromatic heterocycles. The summed E-state index contributed by atoms with van der Waals surface area (Å²) in [5.74, 6) is 2.07. The van der Waals surface area contributed by atoms with E-state index in [4.69, 9.17) is 14.2 Å². The van der Waals surface area contributed by atoms with Crippen molar-refractivity contribution in [3.63, 3.8) is 0 Å². The molecule has 0 aliphatic carbocycles. The minimum atomic E-state index is -0.125. The largest absolute Gasteiger partial charge is 0.497 e. The monoisotopic (exact) mass is 501 g/mol. The van der Waals surface area contributed by atoms with E-state index in [0.29, 0.717) is 35.8 Å². The first-order chi connectivity index (χ1) is 16.5. The van der Waals surface area contributed by atoms with Gasteiger partial charge in [0.25, 0.3) is 0 Å². The number of carbonyl (C=O) groups excluding carboxylic acids is 2. The Labute approximate surface area is 207 Å². The van der Waals surface area contributed by atoms with Crippen molar-refractivity contribution in [3.05, 3.63) is 59.1 Å². The van der Waals surface area contributed by atoms with Gasteiger partial charge in [-0.2, -0.15) is 0 Å². The van der Waals surface area contributed by atoms with Crippen LogP contribution in [-0.2, 0) is 22.4 Å². The summed E-state index contributed by atoms with van der Waals surface area (Å²) in [5, 5.41) is 7.59. The number of thioether (sulfide) groups is 1. The number of aromatic nitrogens is 1. The van der Waals surface area contributed by atoms with Gasteiger partial charge in [-0.1, -0.05) is 17.8 Å². The molecule has 0 unspecified atom stereocenters. The van der Waals surface area contributed by atoms with Gasteiger partial charge in [-0.15, -0.1) is 11.3 Å². The zero-order chi connectivity index (χ0) is 24.3. The second-order valence-corrected chi connectivity index (χ2v) is 9.22. The van der Waals surface area contributed by atoms with Gasteiger partial charge in [0, 0.05) is 17.6 Å². The molecule has 0 bridgehead atoms. The van der Waals surface area contributed by atoms with E-state index in [2.05, 4.69) is 15.6 Å². The number of ether oxygens (including phenoxy) is 3. The van der Waals surface area contributed by atoms with Gasteiger partial charge in [0.05, 0.1) is 39.2 Å². The normalized spacial score (nSPS) is 10.4. The lowest BCUT2D eigenvalue weighted by atomic mass is 10.1. The summed E-state index contributed by atoms with van der Waals surface area (Å²) in [6.07, 6.45) is 0.870. The molecule has 0 saturated heterocycles. The molecule has 10 heteroatoms. The van der Waals surface area contributed by atoms with Gasteiger partial charge in [0.1, 0.15) is 5.75 Å². The summed E-state index contributed by atoms with van der Waals surface area (Å²) in [7, 11) is 4.78. The molecule has 0 aliphatic rings. The summed E-state index contributed by atoms with van der Waals surface area (Å²) in [6.45, 7) is 0.506. The molecule has 0 saturated carbocycles. The van der Waals surface area contributed by atoms with Gasteiger partial charge in [0.2, 0.25) is 11.8 Å². The molecule has 2 amide bonds. The van der Waals surface area contributed by atoms with Gasteiger partial charge < -0.3 is 24.8 Å². The average molecular weight is 502 g/mol. The number of hydrogen-bond acceptors (Lipinski definition) is 8. The Morgan fingerprint density at radius 3 is 2.44 bits per heavy atom. The molecule has 2 aromatic carbocycles. The Morgan fingerprint density at radius 2 is 1.74 bits per heavy atom. The molecule has 8 nitrogen and oxygen atoms in total. The van der Waals surface area contributed by atoms with E-state index in [1.54, 1.807) is 45.6 Å². The fraction of sp³-hybridized carbons (Fsp3) is 0.292. The number of nitrogens with one attached hydrogen (secondary N) is 2. The summed E-state index contributed by atoms with van der Waals surface area (Å²) in [6, 6.07) is 12.8. The van der Waals surface area contributed by atoms with Crippen LogP contribution in [0.3, 0.4) is 0 Å². The van der Waals surface area contributed by atoms with E-state index in [9.17, 15) is 9.59 Å². The molecule has 34 heavy (non-hydrogen) atoms. The first kappa shape index (κ1) is 25.4. The summed E-state index contributed by atoms with van der Waals surface area (Å²) in [5.41, 5.74) is 2.43. The number of thiazole rings is 1. The number of benzene rings is 2. The Kier molecular flexibility index (Phi) is 9.60. The number of nitrogens with zero attached hydrogens (tertiary/aromatic N) is 1. The lowest BCUT2D eigenvalue weighted by Crippen LogP contribution is -2.27. The van der Waals surface area contributed by atoms with Crippen LogP contribution in [-0.4, -0.2) is 50.4 Å². The van der Waals surface area contributed by atoms with Crippen molar-refractivity contribution in [1.82, 2.24) is 10.3 Å². The van der Waals surface area contributed by atoms with Crippen LogP contribution in [0.15, 0.2) is 52.2 Å². The molecular formula is C24H27N3O5S2. The smallest absolute Gasteiger partial charge is 0.234 e. The van der Waals surface area contributed by atoms with Crippen molar-refractivity contribution in [1.29, 1.82) is 0 Å². The molecule has 0 aliphatic heterocycles. The van der Waals surface area contributed by atoms with Crippen LogP contribution in [0.2, 0.25) is 0 Å². The molecule has 0 spiro atoms. The number of amides is 2. The van der Waals surface area contributed by atoms with Crippen LogP contribution in [0.25, 0.3) is 0 Å². The maximum absolute atomic E-state index is 12.3. The minimum absolute atomic E-state index is 0.0976. The van der Waals surface area contributed by atoms with Crippen molar-refractivity contribution in [2.75, 3.05) is 38.9 Å². The molecule has 3 rings (SSSR count). The Morgan fingerprint density at radius 1 is 0.971 bits per heavy atom.